The number of esters is 1. The van der Waals surface area contributed by atoms with Crippen molar-refractivity contribution in [3.8, 4) is 11.1 Å². The van der Waals surface area contributed by atoms with Crippen molar-refractivity contribution in [1.82, 2.24) is 4.90 Å². The molecule has 5 heteroatoms. The minimum Gasteiger partial charge on any atom is -0.462 e. The van der Waals surface area contributed by atoms with Gasteiger partial charge in [0.2, 0.25) is 0 Å². The number of nitrogens with zero attached hydrogens (tertiary/aromatic N) is 1. The first-order valence-corrected chi connectivity index (χ1v) is 9.06. The van der Waals surface area contributed by atoms with Crippen LogP contribution in [0.1, 0.15) is 39.2 Å². The van der Waals surface area contributed by atoms with E-state index in [1.165, 1.54) is 4.90 Å². The first kappa shape index (κ1) is 16.4. The molecule has 1 aliphatic carbocycles. The maximum atomic E-state index is 12.9. The molecule has 2 aromatic rings. The van der Waals surface area contributed by atoms with Crippen LogP contribution in [0.3, 0.4) is 0 Å². The highest BCUT2D eigenvalue weighted by atomic mass is 16.6. The smallest absolute Gasteiger partial charge is 0.411 e. The summed E-state index contributed by atoms with van der Waals surface area (Å²) in [6.45, 7) is 3.46. The van der Waals surface area contributed by atoms with Gasteiger partial charge in [0.15, 0.2) is 0 Å². The highest BCUT2D eigenvalue weighted by Gasteiger charge is 2.44. The van der Waals surface area contributed by atoms with E-state index in [1.54, 1.807) is 13.8 Å². The van der Waals surface area contributed by atoms with Gasteiger partial charge in [-0.2, -0.15) is 0 Å². The quantitative estimate of drug-likeness (QED) is 0.755. The summed E-state index contributed by atoms with van der Waals surface area (Å²) in [4.78, 5) is 26.2. The Kier molecular flexibility index (Phi) is 3.88. The number of carbonyl (C=O) groups excluding carboxylic acids is 2. The molecule has 1 unspecified atom stereocenters. The molecule has 140 valence electrons. The molecule has 5 nitrogen and oxygen atoms in total. The number of carbonyl (C=O) groups is 2. The van der Waals surface area contributed by atoms with Crippen molar-refractivity contribution < 1.29 is 20.4 Å². The van der Waals surface area contributed by atoms with Gasteiger partial charge in [0, 0.05) is 7.29 Å². The van der Waals surface area contributed by atoms with Crippen LogP contribution < -0.4 is 0 Å². The van der Waals surface area contributed by atoms with Crippen LogP contribution in [0.15, 0.2) is 48.5 Å². The van der Waals surface area contributed by atoms with Crippen molar-refractivity contribution in [2.75, 3.05) is 13.2 Å². The molecule has 1 amide bonds. The Morgan fingerprint density at radius 1 is 1.22 bits per heavy atom. The first-order chi connectivity index (χ1) is 13.5. The van der Waals surface area contributed by atoms with E-state index in [4.69, 9.17) is 10.8 Å². The number of fused-ring (bicyclic) bond motifs is 3. The Labute approximate surface area is 160 Å². The molecule has 0 aromatic heterocycles. The molecule has 1 saturated heterocycles. The number of ether oxygens (including phenoxy) is 2. The van der Waals surface area contributed by atoms with Gasteiger partial charge in [-0.05, 0) is 43.0 Å². The van der Waals surface area contributed by atoms with Gasteiger partial charge < -0.3 is 9.47 Å². The summed E-state index contributed by atoms with van der Waals surface area (Å²) in [6.07, 6.45) is -0.583. The number of hydrogen-bond donors (Lipinski definition) is 0. The van der Waals surface area contributed by atoms with Gasteiger partial charge in [-0.3, -0.25) is 4.90 Å². The molecule has 0 radical (unpaired) electrons. The Bertz CT molecular complexity index is 885. The van der Waals surface area contributed by atoms with Crippen LogP contribution >= 0.6 is 0 Å². The van der Waals surface area contributed by atoms with E-state index in [-0.39, 0.29) is 26.0 Å². The highest BCUT2D eigenvalue weighted by molar-refractivity contribution is 5.83. The molecule has 0 bridgehead atoms. The van der Waals surface area contributed by atoms with E-state index in [0.29, 0.717) is 0 Å². The maximum Gasteiger partial charge on any atom is 0.411 e. The number of morpholine rings is 1. The number of cyclic esters (lactones) is 1. The summed E-state index contributed by atoms with van der Waals surface area (Å²) in [5.41, 5.74) is 3.68. The van der Waals surface area contributed by atoms with Gasteiger partial charge in [0.1, 0.15) is 19.3 Å². The van der Waals surface area contributed by atoms with Crippen molar-refractivity contribution in [2.45, 2.75) is 38.2 Å². The van der Waals surface area contributed by atoms with Crippen molar-refractivity contribution in [3.63, 3.8) is 0 Å². The standard InChI is InChI=1S/C22H23NO4/c1-14-20(24)27-13-22(2,3)23(14)21(25)26-12-19-17-10-6-4-8-15(17)16-9-5-7-11-18(16)19/h4-11,14,19H,12-13H2,1-3H3/t14-/m0/s1/i2D/t14-,22?. The Morgan fingerprint density at radius 2 is 1.81 bits per heavy atom. The van der Waals surface area contributed by atoms with Crippen molar-refractivity contribution in [3.05, 3.63) is 59.7 Å². The molecule has 1 fully saturated rings. The molecule has 4 rings (SSSR count). The molecule has 1 aliphatic heterocycles. The zero-order valence-corrected chi connectivity index (χ0v) is 15.5. The minimum atomic E-state index is -0.893. The predicted molar refractivity (Wildman–Crippen MR) is 101 cm³/mol. The number of amides is 1. The van der Waals surface area contributed by atoms with E-state index < -0.39 is 23.6 Å². The lowest BCUT2D eigenvalue weighted by Crippen LogP contribution is -2.61. The topological polar surface area (TPSA) is 55.8 Å². The van der Waals surface area contributed by atoms with E-state index in [2.05, 4.69) is 24.3 Å². The van der Waals surface area contributed by atoms with Crippen LogP contribution in [0.25, 0.3) is 11.1 Å². The van der Waals surface area contributed by atoms with Gasteiger partial charge in [-0.25, -0.2) is 9.59 Å². The third kappa shape index (κ3) is 2.87. The maximum absolute atomic E-state index is 12.9. The van der Waals surface area contributed by atoms with Gasteiger partial charge in [0.25, 0.3) is 0 Å². The zero-order chi connectivity index (χ0) is 19.9. The molecule has 2 atom stereocenters. The molecule has 27 heavy (non-hydrogen) atoms. The molecular weight excluding hydrogens is 342 g/mol. The average Bonchev–Trinajstić information content (AvgIpc) is 3.03. The van der Waals surface area contributed by atoms with Crippen molar-refractivity contribution in [2.24, 2.45) is 0 Å². The normalized spacial score (nSPS) is 24.7. The lowest BCUT2D eigenvalue weighted by atomic mass is 9.98. The summed E-state index contributed by atoms with van der Waals surface area (Å²) in [6, 6.07) is 15.5. The third-order valence-electron chi connectivity index (χ3n) is 5.37. The van der Waals surface area contributed by atoms with Crippen LogP contribution in [0.2, 0.25) is 0 Å². The summed E-state index contributed by atoms with van der Waals surface area (Å²) in [7, 11) is 0. The second-order valence-corrected chi connectivity index (χ2v) is 7.45. The Hall–Kier alpha value is -2.82. The second kappa shape index (κ2) is 6.41. The Balaban J connectivity index is 1.57. The number of rotatable bonds is 2. The molecular formula is C22H23NO4. The van der Waals surface area contributed by atoms with Crippen LogP contribution in [-0.4, -0.2) is 41.8 Å². The molecule has 2 aliphatic rings. The van der Waals surface area contributed by atoms with Crippen LogP contribution in [0.4, 0.5) is 4.79 Å². The van der Waals surface area contributed by atoms with E-state index in [9.17, 15) is 9.59 Å². The van der Waals surface area contributed by atoms with E-state index in [0.717, 1.165) is 22.3 Å². The highest BCUT2D eigenvalue weighted by Crippen LogP contribution is 2.44. The summed E-state index contributed by atoms with van der Waals surface area (Å²) >= 11 is 0. The minimum absolute atomic E-state index is 0.00384. The van der Waals surface area contributed by atoms with Crippen molar-refractivity contribution in [1.29, 1.82) is 0 Å². The van der Waals surface area contributed by atoms with Gasteiger partial charge >= 0.3 is 12.1 Å². The monoisotopic (exact) mass is 366 g/mol. The van der Waals surface area contributed by atoms with Crippen LogP contribution in [-0.2, 0) is 14.3 Å². The molecule has 0 spiro atoms. The predicted octanol–water partition coefficient (Wildman–Crippen LogP) is 3.96. The fraction of sp³-hybridized carbons (Fsp3) is 0.364. The van der Waals surface area contributed by atoms with Gasteiger partial charge in [-0.15, -0.1) is 0 Å². The Morgan fingerprint density at radius 3 is 2.41 bits per heavy atom. The summed E-state index contributed by atoms with van der Waals surface area (Å²) in [5, 5.41) is 0. The lowest BCUT2D eigenvalue weighted by molar-refractivity contribution is -0.165. The van der Waals surface area contributed by atoms with Gasteiger partial charge in [-0.1, -0.05) is 48.5 Å². The zero-order valence-electron chi connectivity index (χ0n) is 16.5. The van der Waals surface area contributed by atoms with E-state index >= 15 is 0 Å². The largest absolute Gasteiger partial charge is 0.462 e. The molecule has 2 aromatic carbocycles. The fourth-order valence-corrected chi connectivity index (χ4v) is 4.03. The van der Waals surface area contributed by atoms with Crippen molar-refractivity contribution >= 4 is 12.1 Å². The fourth-order valence-electron chi connectivity index (χ4n) is 4.03. The van der Waals surface area contributed by atoms with Crippen LogP contribution in [0.5, 0.6) is 0 Å². The SMILES string of the molecule is [2H]CC1(C)COC(=O)[C@H](C)N1C(=O)OCC1c2ccccc2-c2ccccc21. The summed E-state index contributed by atoms with van der Waals surface area (Å²) < 4.78 is 18.7. The molecule has 1 heterocycles. The third-order valence-corrected chi connectivity index (χ3v) is 5.37. The second-order valence-electron chi connectivity index (χ2n) is 7.45. The average molecular weight is 366 g/mol. The molecule has 0 saturated carbocycles. The van der Waals surface area contributed by atoms with Gasteiger partial charge in [0.05, 0.1) is 5.54 Å². The van der Waals surface area contributed by atoms with Crippen LogP contribution in [0, 0.1) is 0 Å². The lowest BCUT2D eigenvalue weighted by Gasteiger charge is -2.44. The summed E-state index contributed by atoms with van der Waals surface area (Å²) in [5.74, 6) is -0.523. The van der Waals surface area contributed by atoms with E-state index in [1.807, 2.05) is 24.3 Å². The first-order valence-electron chi connectivity index (χ1n) is 9.77. The number of benzene rings is 2. The molecule has 0 N–H and O–H groups in total. The number of hydrogen-bond acceptors (Lipinski definition) is 4.